The third kappa shape index (κ3) is 38.4. The fraction of sp³-hybridized carbons (Fsp3) is 0.842. The molecule has 246 valence electrons. The molecule has 0 aromatic heterocycles. The van der Waals surface area contributed by atoms with Crippen LogP contribution in [-0.2, 0) is 9.59 Å². The molecule has 0 atom stereocenters. The first-order valence-corrected chi connectivity index (χ1v) is 18.5. The maximum atomic E-state index is 10.7. The molecule has 0 aliphatic rings. The first-order chi connectivity index (χ1) is 20.6. The van der Waals surface area contributed by atoms with Gasteiger partial charge >= 0.3 is 0 Å². The summed E-state index contributed by atoms with van der Waals surface area (Å²) in [5, 5.41) is 0. The molecule has 4 nitrogen and oxygen atoms in total. The fourth-order valence-electron chi connectivity index (χ4n) is 5.65. The molecular formula is C38H72N2O2. The minimum Gasteiger partial charge on any atom is -0.370 e. The zero-order chi connectivity index (χ0) is 30.6. The lowest BCUT2D eigenvalue weighted by Crippen LogP contribution is -2.09. The number of amides is 2. The van der Waals surface area contributed by atoms with Crippen molar-refractivity contribution in [3.63, 3.8) is 0 Å². The third-order valence-corrected chi connectivity index (χ3v) is 8.41. The van der Waals surface area contributed by atoms with Crippen molar-refractivity contribution in [3.05, 3.63) is 24.3 Å². The van der Waals surface area contributed by atoms with Crippen molar-refractivity contribution in [2.45, 2.75) is 205 Å². The molecule has 42 heavy (non-hydrogen) atoms. The normalized spacial score (nSPS) is 11.7. The second-order valence-electron chi connectivity index (χ2n) is 12.7. The lowest BCUT2D eigenvalue weighted by molar-refractivity contribution is -0.119. The van der Waals surface area contributed by atoms with Crippen molar-refractivity contribution in [1.82, 2.24) is 0 Å². The summed E-state index contributed by atoms with van der Waals surface area (Å²) in [7, 11) is 0. The van der Waals surface area contributed by atoms with Gasteiger partial charge in [0.2, 0.25) is 11.8 Å². The Labute approximate surface area is 262 Å². The number of carbonyl (C=O) groups is 2. The summed E-state index contributed by atoms with van der Waals surface area (Å²) in [5.74, 6) is -0.329. The van der Waals surface area contributed by atoms with Gasteiger partial charge in [-0.2, -0.15) is 0 Å². The Bertz CT molecular complexity index is 575. The number of primary amides is 2. The molecule has 0 spiro atoms. The van der Waals surface area contributed by atoms with Crippen LogP contribution in [0.4, 0.5) is 0 Å². The third-order valence-electron chi connectivity index (χ3n) is 8.41. The van der Waals surface area contributed by atoms with Crippen molar-refractivity contribution in [2.24, 2.45) is 11.5 Å². The van der Waals surface area contributed by atoms with Crippen molar-refractivity contribution < 1.29 is 9.59 Å². The van der Waals surface area contributed by atoms with E-state index >= 15 is 0 Å². The predicted octanol–water partition coefficient (Wildman–Crippen LogP) is 11.6. The molecule has 2 amide bonds. The van der Waals surface area contributed by atoms with Crippen LogP contribution >= 0.6 is 0 Å². The van der Waals surface area contributed by atoms with Gasteiger partial charge in [0.1, 0.15) is 0 Å². The van der Waals surface area contributed by atoms with Crippen molar-refractivity contribution >= 4 is 11.8 Å². The minimum absolute atomic E-state index is 0.164. The maximum Gasteiger partial charge on any atom is 0.217 e. The van der Waals surface area contributed by atoms with Crippen molar-refractivity contribution in [3.8, 4) is 0 Å². The summed E-state index contributed by atoms with van der Waals surface area (Å²) in [4.78, 5) is 21.4. The summed E-state index contributed by atoms with van der Waals surface area (Å²) in [6.07, 6.45) is 50.0. The molecule has 0 bridgehead atoms. The van der Waals surface area contributed by atoms with Gasteiger partial charge in [-0.15, -0.1) is 0 Å². The minimum atomic E-state index is -0.164. The van der Waals surface area contributed by atoms with Crippen LogP contribution in [-0.4, -0.2) is 11.8 Å². The lowest BCUT2D eigenvalue weighted by Gasteiger charge is -2.03. The smallest absolute Gasteiger partial charge is 0.217 e. The van der Waals surface area contributed by atoms with Gasteiger partial charge in [-0.25, -0.2) is 0 Å². The largest absolute Gasteiger partial charge is 0.370 e. The molecule has 0 radical (unpaired) electrons. The van der Waals surface area contributed by atoms with Crippen LogP contribution in [0.3, 0.4) is 0 Å². The Morgan fingerprint density at radius 1 is 0.286 bits per heavy atom. The number of allylic oxidation sites excluding steroid dienone is 4. The molecule has 0 unspecified atom stereocenters. The molecule has 4 heteroatoms. The quantitative estimate of drug-likeness (QED) is 0.0570. The highest BCUT2D eigenvalue weighted by Gasteiger charge is 1.97. The number of nitrogens with two attached hydrogens (primary N) is 2. The van der Waals surface area contributed by atoms with Crippen LogP contribution < -0.4 is 11.5 Å². The van der Waals surface area contributed by atoms with E-state index < -0.39 is 0 Å². The number of unbranched alkanes of at least 4 members (excludes halogenated alkanes) is 27. The molecule has 0 rings (SSSR count). The Morgan fingerprint density at radius 3 is 0.643 bits per heavy atom. The number of hydrogen-bond acceptors (Lipinski definition) is 2. The Balaban J connectivity index is 3.13. The van der Waals surface area contributed by atoms with E-state index in [4.69, 9.17) is 11.5 Å². The summed E-state index contributed by atoms with van der Waals surface area (Å²) in [6.45, 7) is 0. The molecule has 4 N–H and O–H groups in total. The van der Waals surface area contributed by atoms with Crippen LogP contribution in [0.25, 0.3) is 0 Å². The average molecular weight is 589 g/mol. The van der Waals surface area contributed by atoms with Crippen LogP contribution in [0.15, 0.2) is 24.3 Å². The van der Waals surface area contributed by atoms with Gasteiger partial charge in [0.15, 0.2) is 0 Å². The summed E-state index contributed by atoms with van der Waals surface area (Å²) in [6, 6.07) is 0. The van der Waals surface area contributed by atoms with Crippen LogP contribution in [0.5, 0.6) is 0 Å². The van der Waals surface area contributed by atoms with Gasteiger partial charge < -0.3 is 11.5 Å². The van der Waals surface area contributed by atoms with E-state index in [9.17, 15) is 9.59 Å². The summed E-state index contributed by atoms with van der Waals surface area (Å²) >= 11 is 0. The zero-order valence-corrected chi connectivity index (χ0v) is 27.9. The van der Waals surface area contributed by atoms with Gasteiger partial charge in [0, 0.05) is 12.8 Å². The molecule has 0 aliphatic carbocycles. The zero-order valence-electron chi connectivity index (χ0n) is 27.9. The first kappa shape index (κ1) is 40.4. The Kier molecular flexibility index (Phi) is 34.3. The topological polar surface area (TPSA) is 86.2 Å². The number of rotatable bonds is 35. The molecule has 0 saturated heterocycles. The maximum absolute atomic E-state index is 10.7. The molecule has 0 aromatic carbocycles. The summed E-state index contributed by atoms with van der Waals surface area (Å²) in [5.41, 5.74) is 10.3. The van der Waals surface area contributed by atoms with Crippen LogP contribution in [0, 0.1) is 0 Å². The van der Waals surface area contributed by atoms with Crippen molar-refractivity contribution in [2.75, 3.05) is 0 Å². The van der Waals surface area contributed by atoms with Gasteiger partial charge in [0.05, 0.1) is 0 Å². The van der Waals surface area contributed by atoms with Gasteiger partial charge in [-0.05, 0) is 64.2 Å². The molecule has 0 aliphatic heterocycles. The van der Waals surface area contributed by atoms with E-state index in [2.05, 4.69) is 24.3 Å². The summed E-state index contributed by atoms with van der Waals surface area (Å²) < 4.78 is 0. The standard InChI is InChI=1S/C38H72N2O2/c39-37(41)35-33-31-29-27-25-23-21-19-17-15-13-11-9-7-5-3-1-2-4-6-8-10-12-14-16-18-20-22-24-26-28-30-32-34-36-38(40)42/h19-22H,1-18,23-36H2,(H2,39,41)(H2,40,42)/b21-19+,22-20+. The number of hydrogen-bond donors (Lipinski definition) is 2. The molecule has 0 aromatic rings. The van der Waals surface area contributed by atoms with Crippen molar-refractivity contribution in [1.29, 1.82) is 0 Å². The highest BCUT2D eigenvalue weighted by atomic mass is 16.1. The molecule has 0 saturated carbocycles. The number of carbonyl (C=O) groups excluding carboxylic acids is 2. The SMILES string of the molecule is NC(=O)CCCCCCC/C=C/CCCCCCCCCCCCCCCCCC/C=C/CCCCCCCC(N)=O. The molecule has 0 fully saturated rings. The highest BCUT2D eigenvalue weighted by Crippen LogP contribution is 2.15. The van der Waals surface area contributed by atoms with Gasteiger partial charge in [-0.1, -0.05) is 153 Å². The van der Waals surface area contributed by atoms with E-state index in [1.807, 2.05) is 0 Å². The Morgan fingerprint density at radius 2 is 0.452 bits per heavy atom. The highest BCUT2D eigenvalue weighted by molar-refractivity contribution is 5.73. The van der Waals surface area contributed by atoms with Crippen LogP contribution in [0.2, 0.25) is 0 Å². The first-order valence-electron chi connectivity index (χ1n) is 18.5. The van der Waals surface area contributed by atoms with Gasteiger partial charge in [-0.3, -0.25) is 9.59 Å². The van der Waals surface area contributed by atoms with E-state index in [1.165, 1.54) is 167 Å². The predicted molar refractivity (Wildman–Crippen MR) is 184 cm³/mol. The monoisotopic (exact) mass is 589 g/mol. The van der Waals surface area contributed by atoms with Gasteiger partial charge in [0.25, 0.3) is 0 Å². The van der Waals surface area contributed by atoms with E-state index in [0.717, 1.165) is 25.7 Å². The van der Waals surface area contributed by atoms with Crippen LogP contribution in [0.1, 0.15) is 205 Å². The second kappa shape index (κ2) is 35.6. The van der Waals surface area contributed by atoms with E-state index in [-0.39, 0.29) is 11.8 Å². The van der Waals surface area contributed by atoms with E-state index in [0.29, 0.717) is 12.8 Å². The average Bonchev–Trinajstić information content (AvgIpc) is 2.96. The molecular weight excluding hydrogens is 516 g/mol. The lowest BCUT2D eigenvalue weighted by atomic mass is 10.0. The Hall–Kier alpha value is -1.58. The fourth-order valence-corrected chi connectivity index (χ4v) is 5.65. The molecule has 0 heterocycles. The van der Waals surface area contributed by atoms with E-state index in [1.54, 1.807) is 0 Å². The second-order valence-corrected chi connectivity index (χ2v) is 12.7.